The zero-order valence-corrected chi connectivity index (χ0v) is 6.55. The molecule has 0 aromatic carbocycles. The maximum absolute atomic E-state index is 8.92. The van der Waals surface area contributed by atoms with Crippen molar-refractivity contribution in [3.63, 3.8) is 0 Å². The molecule has 1 N–H and O–H groups in total. The number of hydrogen-bond donors (Lipinski definition) is 1. The Morgan fingerprint density at radius 1 is 1.67 bits per heavy atom. The van der Waals surface area contributed by atoms with Gasteiger partial charge in [-0.3, -0.25) is 0 Å². The molecular weight excluding hydrogens is 184 g/mol. The first-order valence-corrected chi connectivity index (χ1v) is 3.43. The Hall–Kier alpha value is -0.280. The first-order valence-electron chi connectivity index (χ1n) is 2.63. The molecule has 2 nitrogen and oxygen atoms in total. The van der Waals surface area contributed by atoms with Crippen LogP contribution in [-0.2, 0) is 0 Å². The van der Waals surface area contributed by atoms with Crippen molar-refractivity contribution in [1.82, 2.24) is 0 Å². The Labute approximate surface area is 61.6 Å². The highest BCUT2D eigenvalue weighted by Crippen LogP contribution is 2.19. The largest absolute Gasteiger partial charge is 0.452 e. The van der Waals surface area contributed by atoms with Crippen LogP contribution in [0.4, 0.5) is 0 Å². The molecule has 0 radical (unpaired) electrons. The van der Waals surface area contributed by atoms with Crippen molar-refractivity contribution in [3.8, 4) is 0 Å². The average molecular weight is 191 g/mol. The van der Waals surface area contributed by atoms with Crippen molar-refractivity contribution in [2.24, 2.45) is 0 Å². The first kappa shape index (κ1) is 6.83. The molecule has 0 spiro atoms. The maximum atomic E-state index is 8.92. The average Bonchev–Trinajstić information content (AvgIpc) is 2.14. The predicted molar refractivity (Wildman–Crippen MR) is 37.0 cm³/mol. The molecule has 1 unspecified atom stereocenters. The van der Waals surface area contributed by atoms with Crippen LogP contribution >= 0.6 is 15.9 Å². The Bertz CT molecular complexity index is 193. The zero-order chi connectivity index (χ0) is 6.85. The molecule has 0 saturated carbocycles. The van der Waals surface area contributed by atoms with Gasteiger partial charge in [-0.05, 0) is 35.0 Å². The monoisotopic (exact) mass is 190 g/mol. The van der Waals surface area contributed by atoms with Crippen LogP contribution in [0.2, 0.25) is 0 Å². The summed E-state index contributed by atoms with van der Waals surface area (Å²) in [4.78, 5) is 0. The third-order valence-corrected chi connectivity index (χ3v) is 1.43. The lowest BCUT2D eigenvalue weighted by Crippen LogP contribution is -1.84. The Balaban J connectivity index is 2.85. The van der Waals surface area contributed by atoms with Gasteiger partial charge < -0.3 is 9.52 Å². The third-order valence-electron chi connectivity index (χ3n) is 1.01. The first-order chi connectivity index (χ1) is 4.20. The third kappa shape index (κ3) is 1.56. The number of aliphatic hydroxyl groups excluding tert-OH is 1. The van der Waals surface area contributed by atoms with Crippen molar-refractivity contribution in [2.45, 2.75) is 13.0 Å². The van der Waals surface area contributed by atoms with E-state index in [1.54, 1.807) is 19.1 Å². The second-order valence-corrected chi connectivity index (χ2v) is 2.60. The SMILES string of the molecule is CC(O)c1ccc(Br)o1. The lowest BCUT2D eigenvalue weighted by molar-refractivity contribution is 0.168. The van der Waals surface area contributed by atoms with Crippen LogP contribution in [-0.4, -0.2) is 5.11 Å². The van der Waals surface area contributed by atoms with Crippen LogP contribution in [0.5, 0.6) is 0 Å². The van der Waals surface area contributed by atoms with E-state index < -0.39 is 6.10 Å². The van der Waals surface area contributed by atoms with Gasteiger partial charge in [0.15, 0.2) is 4.67 Å². The molecule has 0 amide bonds. The molecular formula is C6H7BrO2. The van der Waals surface area contributed by atoms with Gasteiger partial charge >= 0.3 is 0 Å². The standard InChI is InChI=1S/C6H7BrO2/c1-4(8)5-2-3-6(7)9-5/h2-4,8H,1H3. The van der Waals surface area contributed by atoms with Crippen LogP contribution in [0.3, 0.4) is 0 Å². The van der Waals surface area contributed by atoms with Crippen molar-refractivity contribution in [3.05, 3.63) is 22.6 Å². The molecule has 1 heterocycles. The van der Waals surface area contributed by atoms with Gasteiger partial charge in [-0.15, -0.1) is 0 Å². The molecule has 3 heteroatoms. The van der Waals surface area contributed by atoms with Gasteiger partial charge in [-0.1, -0.05) is 0 Å². The van der Waals surface area contributed by atoms with E-state index in [0.29, 0.717) is 10.4 Å². The van der Waals surface area contributed by atoms with Crippen molar-refractivity contribution in [1.29, 1.82) is 0 Å². The van der Waals surface area contributed by atoms with E-state index in [1.165, 1.54) is 0 Å². The van der Waals surface area contributed by atoms with Crippen LogP contribution in [0.1, 0.15) is 18.8 Å². The lowest BCUT2D eigenvalue weighted by atomic mass is 10.3. The molecule has 0 bridgehead atoms. The number of furan rings is 1. The summed E-state index contributed by atoms with van der Waals surface area (Å²) in [5.74, 6) is 0.585. The number of aliphatic hydroxyl groups is 1. The quantitative estimate of drug-likeness (QED) is 0.737. The highest BCUT2D eigenvalue weighted by molar-refractivity contribution is 9.10. The summed E-state index contributed by atoms with van der Waals surface area (Å²) in [5.41, 5.74) is 0. The Morgan fingerprint density at radius 3 is 2.56 bits per heavy atom. The summed E-state index contributed by atoms with van der Waals surface area (Å²) in [6, 6.07) is 3.48. The summed E-state index contributed by atoms with van der Waals surface area (Å²) >= 11 is 3.12. The summed E-state index contributed by atoms with van der Waals surface area (Å²) in [7, 11) is 0. The lowest BCUT2D eigenvalue weighted by Gasteiger charge is -1.95. The predicted octanol–water partition coefficient (Wildman–Crippen LogP) is 2.10. The van der Waals surface area contributed by atoms with Gasteiger partial charge in [0.1, 0.15) is 11.9 Å². The van der Waals surface area contributed by atoms with E-state index in [-0.39, 0.29) is 0 Å². The molecule has 0 fully saturated rings. The molecule has 1 atom stereocenters. The Kier molecular flexibility index (Phi) is 1.93. The molecule has 1 rings (SSSR count). The van der Waals surface area contributed by atoms with Crippen molar-refractivity contribution in [2.75, 3.05) is 0 Å². The summed E-state index contributed by atoms with van der Waals surface area (Å²) in [5, 5.41) is 8.92. The van der Waals surface area contributed by atoms with Crippen LogP contribution in [0, 0.1) is 0 Å². The maximum Gasteiger partial charge on any atom is 0.169 e. The molecule has 0 aliphatic rings. The van der Waals surface area contributed by atoms with Crippen molar-refractivity contribution >= 4 is 15.9 Å². The van der Waals surface area contributed by atoms with Crippen LogP contribution < -0.4 is 0 Å². The second-order valence-electron chi connectivity index (χ2n) is 1.82. The minimum Gasteiger partial charge on any atom is -0.452 e. The zero-order valence-electron chi connectivity index (χ0n) is 4.97. The second kappa shape index (κ2) is 2.54. The summed E-state index contributed by atoms with van der Waals surface area (Å²) < 4.78 is 5.66. The van der Waals surface area contributed by atoms with E-state index in [2.05, 4.69) is 15.9 Å². The molecule has 0 aliphatic heterocycles. The van der Waals surface area contributed by atoms with Gasteiger partial charge in [0.05, 0.1) is 0 Å². The van der Waals surface area contributed by atoms with E-state index in [1.807, 2.05) is 0 Å². The minimum atomic E-state index is -0.517. The highest BCUT2D eigenvalue weighted by Gasteiger charge is 2.03. The van der Waals surface area contributed by atoms with E-state index >= 15 is 0 Å². The van der Waals surface area contributed by atoms with E-state index in [4.69, 9.17) is 9.52 Å². The summed E-state index contributed by atoms with van der Waals surface area (Å²) in [6.45, 7) is 1.66. The number of rotatable bonds is 1. The van der Waals surface area contributed by atoms with Crippen LogP contribution in [0.25, 0.3) is 0 Å². The van der Waals surface area contributed by atoms with Gasteiger partial charge in [-0.2, -0.15) is 0 Å². The van der Waals surface area contributed by atoms with E-state index in [0.717, 1.165) is 0 Å². The van der Waals surface area contributed by atoms with Crippen molar-refractivity contribution < 1.29 is 9.52 Å². The number of hydrogen-bond acceptors (Lipinski definition) is 2. The molecule has 0 saturated heterocycles. The number of halogens is 1. The normalized spacial score (nSPS) is 13.7. The van der Waals surface area contributed by atoms with Gasteiger partial charge in [0.25, 0.3) is 0 Å². The topological polar surface area (TPSA) is 33.4 Å². The molecule has 0 aliphatic carbocycles. The van der Waals surface area contributed by atoms with Crippen LogP contribution in [0.15, 0.2) is 21.2 Å². The Morgan fingerprint density at radius 2 is 2.33 bits per heavy atom. The van der Waals surface area contributed by atoms with Gasteiger partial charge in [-0.25, -0.2) is 0 Å². The van der Waals surface area contributed by atoms with Gasteiger partial charge in [0.2, 0.25) is 0 Å². The molecule has 1 aromatic rings. The minimum absolute atomic E-state index is 0.517. The summed E-state index contributed by atoms with van der Waals surface area (Å²) in [6.07, 6.45) is -0.517. The van der Waals surface area contributed by atoms with E-state index in [9.17, 15) is 0 Å². The fourth-order valence-corrected chi connectivity index (χ4v) is 0.872. The molecule has 9 heavy (non-hydrogen) atoms. The van der Waals surface area contributed by atoms with Gasteiger partial charge in [0, 0.05) is 0 Å². The fourth-order valence-electron chi connectivity index (χ4n) is 0.553. The smallest absolute Gasteiger partial charge is 0.169 e. The highest BCUT2D eigenvalue weighted by atomic mass is 79.9. The fraction of sp³-hybridized carbons (Fsp3) is 0.333. The molecule has 1 aromatic heterocycles. The molecule has 50 valence electrons.